The summed E-state index contributed by atoms with van der Waals surface area (Å²) >= 11 is 1.53. The van der Waals surface area contributed by atoms with Gasteiger partial charge in [0.1, 0.15) is 10.8 Å². The molecule has 2 heterocycles. The maximum Gasteiger partial charge on any atom is 0.251 e. The van der Waals surface area contributed by atoms with Crippen molar-refractivity contribution < 1.29 is 4.79 Å². The summed E-state index contributed by atoms with van der Waals surface area (Å²) in [5.74, 6) is 0.223. The highest BCUT2D eigenvalue weighted by molar-refractivity contribution is 7.19. The van der Waals surface area contributed by atoms with Crippen molar-refractivity contribution in [1.82, 2.24) is 15.0 Å². The molecule has 0 saturated heterocycles. The Morgan fingerprint density at radius 1 is 1.14 bits per heavy atom. The van der Waals surface area contributed by atoms with E-state index >= 15 is 0 Å². The average molecular weight is 402 g/mol. The fourth-order valence-corrected chi connectivity index (χ4v) is 3.73. The van der Waals surface area contributed by atoms with E-state index in [1.54, 1.807) is 24.3 Å². The topological polar surface area (TPSA) is 87.7 Å². The molecule has 144 valence electrons. The van der Waals surface area contributed by atoms with Gasteiger partial charge in [0.05, 0.1) is 10.2 Å². The molecule has 0 unspecified atom stereocenters. The van der Waals surface area contributed by atoms with E-state index in [9.17, 15) is 9.59 Å². The van der Waals surface area contributed by atoms with Crippen LogP contribution in [-0.4, -0.2) is 20.9 Å². The van der Waals surface area contributed by atoms with Gasteiger partial charge in [0.15, 0.2) is 0 Å². The highest BCUT2D eigenvalue weighted by Gasteiger charge is 2.06. The molecular weight excluding hydrogens is 384 g/mol. The van der Waals surface area contributed by atoms with E-state index in [4.69, 9.17) is 0 Å². The fraction of sp³-hybridized carbons (Fsp3) is 0.0909. The van der Waals surface area contributed by atoms with Crippen LogP contribution in [0.25, 0.3) is 27.7 Å². The van der Waals surface area contributed by atoms with Crippen molar-refractivity contribution >= 4 is 39.2 Å². The predicted molar refractivity (Wildman–Crippen MR) is 117 cm³/mol. The van der Waals surface area contributed by atoms with Crippen LogP contribution in [0.1, 0.15) is 17.6 Å². The first-order chi connectivity index (χ1) is 14.1. The number of rotatable bonds is 5. The Labute approximate surface area is 171 Å². The van der Waals surface area contributed by atoms with Crippen LogP contribution in [0.4, 0.5) is 5.69 Å². The normalized spacial score (nSPS) is 11.2. The van der Waals surface area contributed by atoms with Crippen LogP contribution in [0, 0.1) is 0 Å². The molecule has 0 fully saturated rings. The van der Waals surface area contributed by atoms with Crippen LogP contribution in [0.15, 0.2) is 65.5 Å². The summed E-state index contributed by atoms with van der Waals surface area (Å²) in [6, 6.07) is 16.5. The molecule has 29 heavy (non-hydrogen) atoms. The molecular formula is C22H18N4O2S. The summed E-state index contributed by atoms with van der Waals surface area (Å²) in [5, 5.41) is 3.60. The molecule has 2 N–H and O–H groups in total. The Morgan fingerprint density at radius 2 is 2.00 bits per heavy atom. The Bertz CT molecular complexity index is 1240. The number of para-hydroxylation sites is 1. The van der Waals surface area contributed by atoms with Gasteiger partial charge < -0.3 is 10.3 Å². The number of aromatic amines is 1. The Balaban J connectivity index is 1.51. The van der Waals surface area contributed by atoms with E-state index in [1.807, 2.05) is 37.3 Å². The van der Waals surface area contributed by atoms with Crippen LogP contribution < -0.4 is 10.9 Å². The molecule has 6 nitrogen and oxygen atoms in total. The second-order valence-electron chi connectivity index (χ2n) is 6.36. The maximum atomic E-state index is 12.3. The van der Waals surface area contributed by atoms with Gasteiger partial charge in [0.2, 0.25) is 5.91 Å². The number of carbonyl (C=O) groups excluding carboxylic acids is 1. The second kappa shape index (κ2) is 8.20. The Hall–Kier alpha value is -3.58. The number of amides is 1. The first kappa shape index (κ1) is 18.8. The SMILES string of the molecule is CCc1cc(=O)[nH]c(-c2cccc(NC(=O)/C=C/c3nc4ccccc4s3)c2)n1. The minimum Gasteiger partial charge on any atom is -0.322 e. The van der Waals surface area contributed by atoms with E-state index in [0.29, 0.717) is 17.9 Å². The molecule has 2 aromatic heterocycles. The number of aryl methyl sites for hydroxylation is 1. The molecule has 0 aliphatic carbocycles. The first-order valence-corrected chi connectivity index (χ1v) is 9.97. The number of aromatic nitrogens is 3. The van der Waals surface area contributed by atoms with Crippen molar-refractivity contribution in [2.75, 3.05) is 5.32 Å². The lowest BCUT2D eigenvalue weighted by molar-refractivity contribution is -0.111. The molecule has 0 aliphatic heterocycles. The van der Waals surface area contributed by atoms with Crippen LogP contribution in [-0.2, 0) is 11.2 Å². The van der Waals surface area contributed by atoms with Crippen molar-refractivity contribution in [3.8, 4) is 11.4 Å². The summed E-state index contributed by atoms with van der Waals surface area (Å²) in [6.45, 7) is 1.94. The molecule has 4 rings (SSSR count). The third-order valence-corrected chi connectivity index (χ3v) is 5.25. The lowest BCUT2D eigenvalue weighted by Crippen LogP contribution is -2.10. The summed E-state index contributed by atoms with van der Waals surface area (Å²) in [4.78, 5) is 35.8. The molecule has 2 aromatic carbocycles. The largest absolute Gasteiger partial charge is 0.322 e. The van der Waals surface area contributed by atoms with Crippen LogP contribution >= 0.6 is 11.3 Å². The average Bonchev–Trinajstić information content (AvgIpc) is 3.15. The zero-order chi connectivity index (χ0) is 20.2. The minimum absolute atomic E-state index is 0.194. The van der Waals surface area contributed by atoms with Crippen molar-refractivity contribution in [3.63, 3.8) is 0 Å². The highest BCUT2D eigenvalue weighted by Crippen LogP contribution is 2.23. The summed E-state index contributed by atoms with van der Waals surface area (Å²) < 4.78 is 1.08. The van der Waals surface area contributed by atoms with Crippen molar-refractivity contribution in [3.05, 3.63) is 81.7 Å². The van der Waals surface area contributed by atoms with E-state index in [0.717, 1.165) is 26.5 Å². The predicted octanol–water partition coefficient (Wildman–Crippen LogP) is 4.26. The molecule has 0 bridgehead atoms. The maximum absolute atomic E-state index is 12.3. The molecule has 0 saturated carbocycles. The zero-order valence-electron chi connectivity index (χ0n) is 15.7. The van der Waals surface area contributed by atoms with Crippen molar-refractivity contribution in [2.45, 2.75) is 13.3 Å². The lowest BCUT2D eigenvalue weighted by atomic mass is 10.1. The van der Waals surface area contributed by atoms with E-state index in [1.165, 1.54) is 23.5 Å². The van der Waals surface area contributed by atoms with Gasteiger partial charge in [-0.05, 0) is 36.8 Å². The number of benzene rings is 2. The Kier molecular flexibility index (Phi) is 5.31. The second-order valence-corrected chi connectivity index (χ2v) is 7.42. The Morgan fingerprint density at radius 3 is 2.83 bits per heavy atom. The number of carbonyl (C=O) groups is 1. The number of thiazole rings is 1. The molecule has 1 amide bonds. The number of nitrogens with one attached hydrogen (secondary N) is 2. The van der Waals surface area contributed by atoms with Gasteiger partial charge in [0, 0.05) is 29.1 Å². The number of hydrogen-bond acceptors (Lipinski definition) is 5. The molecule has 7 heteroatoms. The highest BCUT2D eigenvalue weighted by atomic mass is 32.1. The summed E-state index contributed by atoms with van der Waals surface area (Å²) in [5.41, 5.74) is 2.79. The molecule has 0 spiro atoms. The smallest absolute Gasteiger partial charge is 0.251 e. The summed E-state index contributed by atoms with van der Waals surface area (Å²) in [6.07, 6.45) is 3.83. The third kappa shape index (κ3) is 4.47. The number of hydrogen-bond donors (Lipinski definition) is 2. The number of H-pyrrole nitrogens is 1. The summed E-state index contributed by atoms with van der Waals surface area (Å²) in [7, 11) is 0. The standard InChI is InChI=1S/C22H18N4O2S/c1-2-15-13-20(28)26-22(24-15)14-6-5-7-16(12-14)23-19(27)10-11-21-25-17-8-3-4-9-18(17)29-21/h3-13H,2H2,1H3,(H,23,27)(H,24,26,28)/b11-10+. The van der Waals surface area contributed by atoms with Crippen molar-refractivity contribution in [1.29, 1.82) is 0 Å². The molecule has 0 radical (unpaired) electrons. The first-order valence-electron chi connectivity index (χ1n) is 9.16. The monoisotopic (exact) mass is 402 g/mol. The van der Waals surface area contributed by atoms with Gasteiger partial charge in [-0.3, -0.25) is 9.59 Å². The van der Waals surface area contributed by atoms with Gasteiger partial charge >= 0.3 is 0 Å². The zero-order valence-corrected chi connectivity index (χ0v) is 16.5. The van der Waals surface area contributed by atoms with Gasteiger partial charge in [-0.25, -0.2) is 9.97 Å². The lowest BCUT2D eigenvalue weighted by Gasteiger charge is -2.06. The van der Waals surface area contributed by atoms with Gasteiger partial charge in [-0.15, -0.1) is 11.3 Å². The van der Waals surface area contributed by atoms with Crippen molar-refractivity contribution in [2.24, 2.45) is 0 Å². The van der Waals surface area contributed by atoms with E-state index in [2.05, 4.69) is 20.3 Å². The fourth-order valence-electron chi connectivity index (χ4n) is 2.86. The van der Waals surface area contributed by atoms with Gasteiger partial charge in [0.25, 0.3) is 5.56 Å². The molecule has 4 aromatic rings. The quantitative estimate of drug-likeness (QED) is 0.488. The third-order valence-electron chi connectivity index (χ3n) is 4.25. The number of nitrogens with zero attached hydrogens (tertiary/aromatic N) is 2. The van der Waals surface area contributed by atoms with Crippen LogP contribution in [0.2, 0.25) is 0 Å². The number of anilines is 1. The van der Waals surface area contributed by atoms with E-state index in [-0.39, 0.29) is 11.5 Å². The van der Waals surface area contributed by atoms with Crippen LogP contribution in [0.5, 0.6) is 0 Å². The van der Waals surface area contributed by atoms with Gasteiger partial charge in [-0.1, -0.05) is 31.2 Å². The van der Waals surface area contributed by atoms with Gasteiger partial charge in [-0.2, -0.15) is 0 Å². The minimum atomic E-state index is -0.259. The van der Waals surface area contributed by atoms with Crippen LogP contribution in [0.3, 0.4) is 0 Å². The molecule has 0 atom stereocenters. The number of fused-ring (bicyclic) bond motifs is 1. The van der Waals surface area contributed by atoms with E-state index < -0.39 is 0 Å². The molecule has 0 aliphatic rings.